The Hall–Kier alpha value is -2.53. The van der Waals surface area contributed by atoms with Gasteiger partial charge in [0.15, 0.2) is 11.6 Å². The summed E-state index contributed by atoms with van der Waals surface area (Å²) in [7, 11) is 0. The molecule has 4 rings (SSSR count). The summed E-state index contributed by atoms with van der Waals surface area (Å²) in [6.45, 7) is 2.68. The van der Waals surface area contributed by atoms with Gasteiger partial charge in [0, 0.05) is 24.0 Å². The van der Waals surface area contributed by atoms with Gasteiger partial charge in [-0.05, 0) is 68.0 Å². The lowest BCUT2D eigenvalue weighted by Gasteiger charge is -2.30. The number of rotatable bonds is 5. The van der Waals surface area contributed by atoms with Gasteiger partial charge in [0.2, 0.25) is 0 Å². The van der Waals surface area contributed by atoms with E-state index in [1.54, 1.807) is 6.07 Å². The number of nitrogens with one attached hydrogen (secondary N) is 2. The summed E-state index contributed by atoms with van der Waals surface area (Å²) >= 11 is 0. The second kappa shape index (κ2) is 8.23. The van der Waals surface area contributed by atoms with E-state index >= 15 is 0 Å². The molecule has 1 saturated carbocycles. The second-order valence-corrected chi connectivity index (χ2v) is 7.66. The number of hydrogen-bond acceptors (Lipinski definition) is 3. The molecule has 1 aliphatic rings. The van der Waals surface area contributed by atoms with Crippen LogP contribution in [0.1, 0.15) is 36.8 Å². The van der Waals surface area contributed by atoms with E-state index in [0.717, 1.165) is 42.6 Å². The third-order valence-electron chi connectivity index (χ3n) is 5.58. The van der Waals surface area contributed by atoms with Crippen LogP contribution in [-0.2, 0) is 6.54 Å². The van der Waals surface area contributed by atoms with Crippen molar-refractivity contribution in [1.29, 1.82) is 0 Å². The number of aromatic nitrogens is 1. The Morgan fingerprint density at radius 3 is 2.46 bits per heavy atom. The van der Waals surface area contributed by atoms with E-state index in [1.165, 1.54) is 23.1 Å². The minimum atomic E-state index is -0.798. The van der Waals surface area contributed by atoms with Gasteiger partial charge in [-0.2, -0.15) is 0 Å². The summed E-state index contributed by atoms with van der Waals surface area (Å²) in [5, 5.41) is 8.25. The van der Waals surface area contributed by atoms with Crippen LogP contribution in [0.25, 0.3) is 10.9 Å². The molecule has 3 aromatic rings. The van der Waals surface area contributed by atoms with E-state index < -0.39 is 11.6 Å². The summed E-state index contributed by atoms with van der Waals surface area (Å²) in [5.41, 5.74) is 3.02. The predicted molar refractivity (Wildman–Crippen MR) is 109 cm³/mol. The summed E-state index contributed by atoms with van der Waals surface area (Å²) in [5.74, 6) is -0.646. The molecule has 1 fully saturated rings. The summed E-state index contributed by atoms with van der Waals surface area (Å²) in [6.07, 6.45) is 4.22. The first-order valence-electron chi connectivity index (χ1n) is 9.89. The lowest BCUT2D eigenvalue weighted by molar-refractivity contribution is 0.352. The number of fused-ring (bicyclic) bond motifs is 1. The van der Waals surface area contributed by atoms with Crippen LogP contribution in [0.3, 0.4) is 0 Å². The number of nitrogens with zero attached hydrogens (tertiary/aromatic N) is 1. The van der Waals surface area contributed by atoms with Crippen molar-refractivity contribution < 1.29 is 8.78 Å². The lowest BCUT2D eigenvalue weighted by atomic mass is 9.91. The third-order valence-corrected chi connectivity index (χ3v) is 5.58. The van der Waals surface area contributed by atoms with Gasteiger partial charge in [0.1, 0.15) is 5.82 Å². The molecular weight excluding hydrogens is 356 g/mol. The molecule has 1 aliphatic carbocycles. The smallest absolute Gasteiger partial charge is 0.159 e. The minimum absolute atomic E-state index is 0.400. The van der Waals surface area contributed by atoms with Crippen LogP contribution in [0.2, 0.25) is 0 Å². The minimum Gasteiger partial charge on any atom is -0.367 e. The highest BCUT2D eigenvalue weighted by Gasteiger charge is 2.21. The number of anilines is 1. The number of hydrogen-bond donors (Lipinski definition) is 2. The molecule has 5 heteroatoms. The van der Waals surface area contributed by atoms with Crippen molar-refractivity contribution >= 4 is 16.7 Å². The molecule has 0 atom stereocenters. The fraction of sp³-hybridized carbons (Fsp3) is 0.348. The SMILES string of the molecule is Cc1cc(NC2CCC(NCc3ccc(F)c(F)c3)CC2)nc2ccccc12. The van der Waals surface area contributed by atoms with Crippen LogP contribution in [0, 0.1) is 18.6 Å². The maximum atomic E-state index is 13.3. The lowest BCUT2D eigenvalue weighted by Crippen LogP contribution is -2.36. The Morgan fingerprint density at radius 1 is 0.929 bits per heavy atom. The van der Waals surface area contributed by atoms with Gasteiger partial charge < -0.3 is 10.6 Å². The highest BCUT2D eigenvalue weighted by molar-refractivity contribution is 5.83. The molecule has 2 N–H and O–H groups in total. The molecule has 0 bridgehead atoms. The van der Waals surface area contributed by atoms with Crippen molar-refractivity contribution in [1.82, 2.24) is 10.3 Å². The van der Waals surface area contributed by atoms with Gasteiger partial charge in [-0.3, -0.25) is 0 Å². The molecule has 0 amide bonds. The molecule has 0 spiro atoms. The van der Waals surface area contributed by atoms with Gasteiger partial charge in [-0.1, -0.05) is 24.3 Å². The number of para-hydroxylation sites is 1. The molecule has 146 valence electrons. The maximum absolute atomic E-state index is 13.3. The molecule has 1 aromatic heterocycles. The summed E-state index contributed by atoms with van der Waals surface area (Å²) in [6, 6.07) is 15.2. The molecule has 0 aliphatic heterocycles. The van der Waals surface area contributed by atoms with Crippen molar-refractivity contribution in [3.05, 3.63) is 71.3 Å². The van der Waals surface area contributed by atoms with Gasteiger partial charge in [-0.15, -0.1) is 0 Å². The first kappa shape index (κ1) is 18.8. The Kier molecular flexibility index (Phi) is 5.53. The molecule has 28 heavy (non-hydrogen) atoms. The number of pyridine rings is 1. The molecule has 1 heterocycles. The zero-order valence-electron chi connectivity index (χ0n) is 16.0. The van der Waals surface area contributed by atoms with Gasteiger partial charge in [-0.25, -0.2) is 13.8 Å². The van der Waals surface area contributed by atoms with Crippen molar-refractivity contribution in [2.45, 2.75) is 51.2 Å². The number of aryl methyl sites for hydroxylation is 1. The van der Waals surface area contributed by atoms with E-state index in [4.69, 9.17) is 4.98 Å². The van der Waals surface area contributed by atoms with Crippen molar-refractivity contribution in [2.75, 3.05) is 5.32 Å². The molecular formula is C23H25F2N3. The average molecular weight is 381 g/mol. The van der Waals surface area contributed by atoms with Crippen LogP contribution in [0.15, 0.2) is 48.5 Å². The maximum Gasteiger partial charge on any atom is 0.159 e. The normalized spacial score (nSPS) is 19.7. The van der Waals surface area contributed by atoms with Crippen LogP contribution in [0.4, 0.5) is 14.6 Å². The van der Waals surface area contributed by atoms with Crippen LogP contribution < -0.4 is 10.6 Å². The van der Waals surface area contributed by atoms with Crippen molar-refractivity contribution in [3.8, 4) is 0 Å². The van der Waals surface area contributed by atoms with Crippen molar-refractivity contribution in [3.63, 3.8) is 0 Å². The summed E-state index contributed by atoms with van der Waals surface area (Å²) in [4.78, 5) is 4.75. The van der Waals surface area contributed by atoms with Gasteiger partial charge >= 0.3 is 0 Å². The molecule has 0 unspecified atom stereocenters. The molecule has 2 aromatic carbocycles. The van der Waals surface area contributed by atoms with E-state index in [9.17, 15) is 8.78 Å². The van der Waals surface area contributed by atoms with Crippen LogP contribution >= 0.6 is 0 Å². The Bertz CT molecular complexity index is 965. The standard InChI is InChI=1S/C23H25F2N3/c1-15-12-23(28-22-5-3-2-4-19(15)22)27-18-9-7-17(8-10-18)26-14-16-6-11-20(24)21(25)13-16/h2-6,11-13,17-18,26H,7-10,14H2,1H3,(H,27,28). The number of halogens is 2. The molecule has 0 saturated heterocycles. The zero-order chi connectivity index (χ0) is 19.5. The monoisotopic (exact) mass is 381 g/mol. The first-order valence-corrected chi connectivity index (χ1v) is 9.89. The van der Waals surface area contributed by atoms with E-state index in [0.29, 0.717) is 18.6 Å². The zero-order valence-corrected chi connectivity index (χ0v) is 16.0. The molecule has 3 nitrogen and oxygen atoms in total. The first-order chi connectivity index (χ1) is 13.6. The fourth-order valence-electron chi connectivity index (χ4n) is 3.99. The largest absolute Gasteiger partial charge is 0.367 e. The van der Waals surface area contributed by atoms with E-state index in [2.05, 4.69) is 29.7 Å². The van der Waals surface area contributed by atoms with Gasteiger partial charge in [0.05, 0.1) is 5.52 Å². The van der Waals surface area contributed by atoms with Gasteiger partial charge in [0.25, 0.3) is 0 Å². The summed E-state index contributed by atoms with van der Waals surface area (Å²) < 4.78 is 26.3. The van der Waals surface area contributed by atoms with E-state index in [1.807, 2.05) is 18.2 Å². The van der Waals surface area contributed by atoms with Crippen molar-refractivity contribution in [2.24, 2.45) is 0 Å². The van der Waals surface area contributed by atoms with Crippen LogP contribution in [0.5, 0.6) is 0 Å². The Balaban J connectivity index is 1.30. The Labute approximate surface area is 164 Å². The fourth-order valence-corrected chi connectivity index (χ4v) is 3.99. The Morgan fingerprint density at radius 2 is 1.68 bits per heavy atom. The highest BCUT2D eigenvalue weighted by Crippen LogP contribution is 2.25. The number of benzene rings is 2. The second-order valence-electron chi connectivity index (χ2n) is 7.66. The quantitative estimate of drug-likeness (QED) is 0.627. The average Bonchev–Trinajstić information content (AvgIpc) is 2.70. The predicted octanol–water partition coefficient (Wildman–Crippen LogP) is 5.33. The topological polar surface area (TPSA) is 37.0 Å². The third kappa shape index (κ3) is 4.30. The van der Waals surface area contributed by atoms with Crippen LogP contribution in [-0.4, -0.2) is 17.1 Å². The highest BCUT2D eigenvalue weighted by atomic mass is 19.2. The van der Waals surface area contributed by atoms with E-state index in [-0.39, 0.29) is 0 Å². The molecule has 0 radical (unpaired) electrons.